The molecule has 0 spiro atoms. The zero-order valence-electron chi connectivity index (χ0n) is 8.23. The van der Waals surface area contributed by atoms with E-state index in [-0.39, 0.29) is 0 Å². The molecule has 1 aromatic heterocycles. The van der Waals surface area contributed by atoms with Gasteiger partial charge in [0.25, 0.3) is 0 Å². The lowest BCUT2D eigenvalue weighted by Gasteiger charge is -2.16. The number of hydrogen-bond acceptors (Lipinski definition) is 3. The number of nitrogens with one attached hydrogen (secondary N) is 1. The van der Waals surface area contributed by atoms with Crippen LogP contribution in [0.4, 0.5) is 0 Å². The van der Waals surface area contributed by atoms with Crippen molar-refractivity contribution in [3.63, 3.8) is 0 Å². The molecule has 1 aliphatic rings. The summed E-state index contributed by atoms with van der Waals surface area (Å²) in [4.78, 5) is 0. The number of nitrogens with zero attached hydrogens (tertiary/aromatic N) is 2. The van der Waals surface area contributed by atoms with Crippen LogP contribution >= 0.6 is 0 Å². The molecule has 0 atom stereocenters. The molecule has 2 aromatic rings. The molecule has 2 heterocycles. The van der Waals surface area contributed by atoms with E-state index >= 15 is 0 Å². The standard InChI is InChI=1S/C11H11N3O/c1-2-10-7-15-4-3-8(10)5-9(1)11-6-12-14-13-11/h1-2,5-6H,3-4,7H2,(H,12,13,14). The molecule has 0 unspecified atom stereocenters. The summed E-state index contributed by atoms with van der Waals surface area (Å²) in [5.74, 6) is 0. The molecule has 0 fully saturated rings. The minimum absolute atomic E-state index is 0.731. The summed E-state index contributed by atoms with van der Waals surface area (Å²) < 4.78 is 5.39. The fourth-order valence-electron chi connectivity index (χ4n) is 1.87. The summed E-state index contributed by atoms with van der Waals surface area (Å²) in [7, 11) is 0. The van der Waals surface area contributed by atoms with Gasteiger partial charge in [0.15, 0.2) is 0 Å². The van der Waals surface area contributed by atoms with Crippen molar-refractivity contribution in [2.75, 3.05) is 6.61 Å². The van der Waals surface area contributed by atoms with Crippen LogP contribution in [0.2, 0.25) is 0 Å². The number of rotatable bonds is 1. The van der Waals surface area contributed by atoms with E-state index in [9.17, 15) is 0 Å². The van der Waals surface area contributed by atoms with Gasteiger partial charge in [0.1, 0.15) is 5.69 Å². The summed E-state index contributed by atoms with van der Waals surface area (Å²) in [6.07, 6.45) is 2.79. The van der Waals surface area contributed by atoms with Gasteiger partial charge in [-0.3, -0.25) is 5.10 Å². The van der Waals surface area contributed by atoms with Gasteiger partial charge in [-0.15, -0.1) is 5.10 Å². The zero-order chi connectivity index (χ0) is 10.1. The van der Waals surface area contributed by atoms with Gasteiger partial charge in [-0.25, -0.2) is 0 Å². The Morgan fingerprint density at radius 3 is 3.13 bits per heavy atom. The van der Waals surface area contributed by atoms with E-state index in [0.717, 1.165) is 30.9 Å². The molecule has 76 valence electrons. The van der Waals surface area contributed by atoms with Crippen LogP contribution in [0.5, 0.6) is 0 Å². The van der Waals surface area contributed by atoms with E-state index in [1.165, 1.54) is 11.1 Å². The van der Waals surface area contributed by atoms with Crippen molar-refractivity contribution in [2.24, 2.45) is 0 Å². The van der Waals surface area contributed by atoms with Gasteiger partial charge in [0, 0.05) is 11.8 Å². The highest BCUT2D eigenvalue weighted by atomic mass is 16.5. The van der Waals surface area contributed by atoms with Crippen LogP contribution < -0.4 is 0 Å². The fraction of sp³-hybridized carbons (Fsp3) is 0.273. The number of aromatic nitrogens is 3. The lowest BCUT2D eigenvalue weighted by atomic mass is 9.99. The van der Waals surface area contributed by atoms with Crippen molar-refractivity contribution in [2.45, 2.75) is 13.0 Å². The second-order valence-electron chi connectivity index (χ2n) is 3.64. The Labute approximate surface area is 87.3 Å². The summed E-state index contributed by atoms with van der Waals surface area (Å²) in [5, 5.41) is 10.4. The lowest BCUT2D eigenvalue weighted by Crippen LogP contribution is -2.09. The van der Waals surface area contributed by atoms with Crippen molar-refractivity contribution in [3.05, 3.63) is 35.5 Å². The Bertz CT molecular complexity index is 465. The molecule has 0 radical (unpaired) electrons. The fourth-order valence-corrected chi connectivity index (χ4v) is 1.87. The molecule has 1 aromatic carbocycles. The van der Waals surface area contributed by atoms with Crippen molar-refractivity contribution in [1.29, 1.82) is 0 Å². The smallest absolute Gasteiger partial charge is 0.112 e. The molecule has 0 aliphatic carbocycles. The molecule has 0 saturated carbocycles. The monoisotopic (exact) mass is 201 g/mol. The molecule has 0 bridgehead atoms. The quantitative estimate of drug-likeness (QED) is 0.761. The van der Waals surface area contributed by atoms with Gasteiger partial charge < -0.3 is 4.74 Å². The number of aromatic amines is 1. The topological polar surface area (TPSA) is 50.8 Å². The molecule has 0 saturated heterocycles. The van der Waals surface area contributed by atoms with Crippen LogP contribution in [0, 0.1) is 0 Å². The predicted octanol–water partition coefficient (Wildman–Crippen LogP) is 1.54. The number of H-pyrrole nitrogens is 1. The van der Waals surface area contributed by atoms with Crippen LogP contribution in [-0.2, 0) is 17.8 Å². The minimum Gasteiger partial charge on any atom is -0.376 e. The molecule has 15 heavy (non-hydrogen) atoms. The van der Waals surface area contributed by atoms with Crippen molar-refractivity contribution in [1.82, 2.24) is 15.4 Å². The Morgan fingerprint density at radius 1 is 1.27 bits per heavy atom. The van der Waals surface area contributed by atoms with E-state index in [1.807, 2.05) is 0 Å². The first-order chi connectivity index (χ1) is 7.43. The zero-order valence-corrected chi connectivity index (χ0v) is 8.23. The maximum absolute atomic E-state index is 5.39. The maximum atomic E-state index is 5.39. The highest BCUT2D eigenvalue weighted by Crippen LogP contribution is 2.23. The Hall–Kier alpha value is -1.68. The van der Waals surface area contributed by atoms with Crippen LogP contribution in [-0.4, -0.2) is 22.0 Å². The van der Waals surface area contributed by atoms with Crippen molar-refractivity contribution < 1.29 is 4.74 Å². The summed E-state index contributed by atoms with van der Waals surface area (Å²) in [6.45, 7) is 1.55. The van der Waals surface area contributed by atoms with Gasteiger partial charge in [0.2, 0.25) is 0 Å². The second-order valence-corrected chi connectivity index (χ2v) is 3.64. The molecule has 1 aliphatic heterocycles. The summed E-state index contributed by atoms with van der Waals surface area (Å²) >= 11 is 0. The summed E-state index contributed by atoms with van der Waals surface area (Å²) in [5.41, 5.74) is 4.66. The average Bonchev–Trinajstić information content (AvgIpc) is 2.82. The first-order valence-corrected chi connectivity index (χ1v) is 5.00. The second kappa shape index (κ2) is 3.47. The molecule has 1 N–H and O–H groups in total. The van der Waals surface area contributed by atoms with Crippen molar-refractivity contribution in [3.8, 4) is 11.3 Å². The van der Waals surface area contributed by atoms with E-state index in [2.05, 4.69) is 33.6 Å². The van der Waals surface area contributed by atoms with E-state index in [0.29, 0.717) is 0 Å². The number of benzene rings is 1. The highest BCUT2D eigenvalue weighted by molar-refractivity contribution is 5.59. The number of fused-ring (bicyclic) bond motifs is 1. The van der Waals surface area contributed by atoms with Crippen molar-refractivity contribution >= 4 is 0 Å². The van der Waals surface area contributed by atoms with E-state index < -0.39 is 0 Å². The number of hydrogen-bond donors (Lipinski definition) is 1. The Kier molecular flexibility index (Phi) is 1.99. The molecule has 0 amide bonds. The first-order valence-electron chi connectivity index (χ1n) is 5.00. The molecule has 4 heteroatoms. The average molecular weight is 201 g/mol. The third-order valence-electron chi connectivity index (χ3n) is 2.69. The predicted molar refractivity (Wildman–Crippen MR) is 55.2 cm³/mol. The van der Waals surface area contributed by atoms with Crippen LogP contribution in [0.3, 0.4) is 0 Å². The van der Waals surface area contributed by atoms with E-state index in [4.69, 9.17) is 4.74 Å². The minimum atomic E-state index is 0.731. The third-order valence-corrected chi connectivity index (χ3v) is 2.69. The molecule has 4 nitrogen and oxygen atoms in total. The van der Waals surface area contributed by atoms with Crippen LogP contribution in [0.25, 0.3) is 11.3 Å². The Balaban J connectivity index is 2.04. The lowest BCUT2D eigenvalue weighted by molar-refractivity contribution is 0.111. The van der Waals surface area contributed by atoms with Crippen LogP contribution in [0.1, 0.15) is 11.1 Å². The molecule has 3 rings (SSSR count). The number of ether oxygens (including phenoxy) is 1. The third kappa shape index (κ3) is 1.53. The van der Waals surface area contributed by atoms with Gasteiger partial charge in [-0.1, -0.05) is 17.3 Å². The SMILES string of the molecule is c1cc2c(cc1-c1c[nH]nn1)CCOC2. The van der Waals surface area contributed by atoms with Gasteiger partial charge in [0.05, 0.1) is 13.2 Å². The Morgan fingerprint density at radius 2 is 2.27 bits per heavy atom. The highest BCUT2D eigenvalue weighted by Gasteiger charge is 2.10. The molecular formula is C11H11N3O. The first kappa shape index (κ1) is 8.61. The van der Waals surface area contributed by atoms with Gasteiger partial charge >= 0.3 is 0 Å². The summed E-state index contributed by atoms with van der Waals surface area (Å²) in [6, 6.07) is 6.35. The normalized spacial score (nSPS) is 14.9. The molecular weight excluding hydrogens is 190 g/mol. The van der Waals surface area contributed by atoms with Gasteiger partial charge in [-0.05, 0) is 23.6 Å². The van der Waals surface area contributed by atoms with Crippen LogP contribution in [0.15, 0.2) is 24.4 Å². The maximum Gasteiger partial charge on any atom is 0.112 e. The van der Waals surface area contributed by atoms with E-state index in [1.54, 1.807) is 6.20 Å². The van der Waals surface area contributed by atoms with Gasteiger partial charge in [-0.2, -0.15) is 0 Å². The largest absolute Gasteiger partial charge is 0.376 e.